The van der Waals surface area contributed by atoms with Crippen LogP contribution in [-0.2, 0) is 41.6 Å². The van der Waals surface area contributed by atoms with Crippen molar-refractivity contribution < 1.29 is 43.1 Å². The molecule has 9 rings (SSSR count). The minimum absolute atomic E-state index is 0.0100. The van der Waals surface area contributed by atoms with Crippen molar-refractivity contribution in [2.45, 2.75) is 134 Å². The first-order valence-corrected chi connectivity index (χ1v) is 23.7. The summed E-state index contributed by atoms with van der Waals surface area (Å²) in [7, 11) is 0. The monoisotopic (exact) mass is 880 g/mol. The third kappa shape index (κ3) is 8.21. The van der Waals surface area contributed by atoms with Gasteiger partial charge in [-0.25, -0.2) is 4.79 Å². The summed E-state index contributed by atoms with van der Waals surface area (Å²) < 4.78 is 5.94. The maximum Gasteiger partial charge on any atom is 0.349 e. The van der Waals surface area contributed by atoms with E-state index < -0.39 is 35.7 Å². The number of benzene rings is 1. The number of piperidine rings is 1. The topological polar surface area (TPSA) is 189 Å². The minimum atomic E-state index is -0.840. The molecular formula is C48H60N6O10. The van der Waals surface area contributed by atoms with E-state index in [4.69, 9.17) is 4.42 Å². The van der Waals surface area contributed by atoms with Gasteiger partial charge in [-0.3, -0.25) is 33.6 Å². The maximum atomic E-state index is 14.5. The average molecular weight is 881 g/mol. The number of rotatable bonds is 10. The average Bonchev–Trinajstić information content (AvgIpc) is 4.15. The highest BCUT2D eigenvalue weighted by molar-refractivity contribution is 6.02. The molecule has 4 atom stereocenters. The van der Waals surface area contributed by atoms with Gasteiger partial charge in [-0.15, -0.1) is 0 Å². The predicted octanol–water partition coefficient (Wildman–Crippen LogP) is 3.69. The maximum absolute atomic E-state index is 14.5. The van der Waals surface area contributed by atoms with Gasteiger partial charge in [0.15, 0.2) is 5.78 Å². The third-order valence-electron chi connectivity index (χ3n) is 15.0. The van der Waals surface area contributed by atoms with E-state index in [1.54, 1.807) is 25.7 Å². The number of hydrogen-bond donors (Lipinski definition) is 1. The fourth-order valence-electron chi connectivity index (χ4n) is 11.8. The van der Waals surface area contributed by atoms with Gasteiger partial charge in [-0.2, -0.15) is 0 Å². The summed E-state index contributed by atoms with van der Waals surface area (Å²) >= 11 is 0. The number of likely N-dealkylation sites (tertiary alicyclic amines) is 5. The molecule has 1 aromatic heterocycles. The molecule has 0 saturated carbocycles. The van der Waals surface area contributed by atoms with E-state index in [-0.39, 0.29) is 65.3 Å². The molecule has 7 aliphatic heterocycles. The summed E-state index contributed by atoms with van der Waals surface area (Å²) in [5.41, 5.74) is 3.13. The standard InChI is InChI=1S/C48H60N6O10/c1-29(55)26-33(56)14-15-40(57)30-16-24-50(25-17-30)44(59)36-10-4-21-52(36)46(61)38-12-6-23-54(38)47(62)39-13-7-22-53(39)45(60)37-11-5-20-51(37)43(58)35-28-32-27-31-8-2-18-49-19-3-9-34(41(31)49)42(32)64-48(35)63/h26-28,30,36-39,56H,2-25H2,1H3. The second-order valence-electron chi connectivity index (χ2n) is 19.0. The fraction of sp³-hybridized carbons (Fsp3) is 0.625. The van der Waals surface area contributed by atoms with E-state index in [2.05, 4.69) is 4.90 Å². The first-order valence-electron chi connectivity index (χ1n) is 23.7. The highest BCUT2D eigenvalue weighted by Gasteiger charge is 2.48. The van der Waals surface area contributed by atoms with Crippen molar-refractivity contribution in [3.05, 3.63) is 51.1 Å². The van der Waals surface area contributed by atoms with Crippen LogP contribution >= 0.6 is 0 Å². The zero-order chi connectivity index (χ0) is 44.8. The van der Waals surface area contributed by atoms with Gasteiger partial charge in [0.25, 0.3) is 5.91 Å². The van der Waals surface area contributed by atoms with Crippen molar-refractivity contribution in [2.75, 3.05) is 57.3 Å². The molecule has 0 bridgehead atoms. The van der Waals surface area contributed by atoms with Crippen LogP contribution in [0.4, 0.5) is 5.69 Å². The van der Waals surface area contributed by atoms with Crippen molar-refractivity contribution in [1.29, 1.82) is 0 Å². The molecule has 16 nitrogen and oxygen atoms in total. The van der Waals surface area contributed by atoms with E-state index >= 15 is 0 Å². The Morgan fingerprint density at radius 3 is 1.75 bits per heavy atom. The Morgan fingerprint density at radius 1 is 0.641 bits per heavy atom. The van der Waals surface area contributed by atoms with Gasteiger partial charge in [0.05, 0.1) is 5.76 Å². The van der Waals surface area contributed by atoms with Crippen molar-refractivity contribution in [3.8, 4) is 0 Å². The molecule has 2 aromatic rings. The Bertz CT molecular complexity index is 2350. The van der Waals surface area contributed by atoms with E-state index in [0.29, 0.717) is 109 Å². The number of Topliss-reactive ketones (excluding diaryl/α,β-unsaturated/α-hetero) is 1. The van der Waals surface area contributed by atoms with Crippen LogP contribution in [-0.4, -0.2) is 147 Å². The lowest BCUT2D eigenvalue weighted by Crippen LogP contribution is -2.57. The molecule has 4 unspecified atom stereocenters. The lowest BCUT2D eigenvalue weighted by Gasteiger charge is -2.37. The number of nitrogens with zero attached hydrogens (tertiary/aromatic N) is 6. The van der Waals surface area contributed by atoms with Crippen molar-refractivity contribution in [1.82, 2.24) is 24.5 Å². The molecule has 5 fully saturated rings. The Labute approximate surface area is 372 Å². The number of hydrogen-bond acceptors (Lipinski definition) is 11. The first-order chi connectivity index (χ1) is 30.9. The summed E-state index contributed by atoms with van der Waals surface area (Å²) in [6.07, 6.45) is 10.3. The Balaban J connectivity index is 0.838. The molecule has 5 amide bonds. The Morgan fingerprint density at radius 2 is 1.17 bits per heavy atom. The third-order valence-corrected chi connectivity index (χ3v) is 15.0. The number of carbonyl (C=O) groups excluding carboxylic acids is 7. The number of fused-ring (bicyclic) bond motifs is 2. The molecule has 8 heterocycles. The quantitative estimate of drug-likeness (QED) is 0.208. The highest BCUT2D eigenvalue weighted by Crippen LogP contribution is 2.40. The number of ketones is 2. The Hall–Kier alpha value is -5.54. The number of aliphatic hydroxyl groups is 1. The van der Waals surface area contributed by atoms with Gasteiger partial charge in [-0.1, -0.05) is 0 Å². The van der Waals surface area contributed by atoms with Crippen molar-refractivity contribution in [2.24, 2.45) is 5.92 Å². The van der Waals surface area contributed by atoms with Crippen molar-refractivity contribution in [3.63, 3.8) is 0 Å². The van der Waals surface area contributed by atoms with Crippen LogP contribution in [0.15, 0.2) is 33.2 Å². The SMILES string of the molecule is CC(=O)C=C(O)CCC(=O)C1CCN(C(=O)C2CCCN2C(=O)C2CCCN2C(=O)C2CCCN2C(=O)C2CCCN2C(=O)c2cc3cc4c5c(c3oc2=O)CCCN5CCC4)CC1. The molecule has 7 aliphatic rings. The lowest BCUT2D eigenvalue weighted by atomic mass is 9.89. The number of anilines is 1. The minimum Gasteiger partial charge on any atom is -0.512 e. The fourth-order valence-corrected chi connectivity index (χ4v) is 11.8. The van der Waals surface area contributed by atoms with E-state index in [9.17, 15) is 43.5 Å². The van der Waals surface area contributed by atoms with Crippen LogP contribution in [0.5, 0.6) is 0 Å². The van der Waals surface area contributed by atoms with Crippen LogP contribution in [0.25, 0.3) is 11.0 Å². The summed E-state index contributed by atoms with van der Waals surface area (Å²) in [6.45, 7) is 5.44. The largest absolute Gasteiger partial charge is 0.512 e. The first kappa shape index (κ1) is 43.7. The molecule has 64 heavy (non-hydrogen) atoms. The van der Waals surface area contributed by atoms with Crippen molar-refractivity contribution >= 4 is 57.8 Å². The smallest absolute Gasteiger partial charge is 0.349 e. The van der Waals surface area contributed by atoms with Gasteiger partial charge in [0, 0.05) is 93.8 Å². The summed E-state index contributed by atoms with van der Waals surface area (Å²) in [5, 5.41) is 10.6. The number of allylic oxidation sites excluding steroid dienone is 2. The summed E-state index contributed by atoms with van der Waals surface area (Å²) in [5.74, 6) is -2.24. The number of aryl methyl sites for hydroxylation is 2. The molecule has 0 spiro atoms. The molecule has 1 N–H and O–H groups in total. The molecule has 342 valence electrons. The number of carbonyl (C=O) groups is 7. The van der Waals surface area contributed by atoms with Gasteiger partial charge in [0.1, 0.15) is 41.1 Å². The second-order valence-corrected chi connectivity index (χ2v) is 19.0. The van der Waals surface area contributed by atoms with Crippen LogP contribution in [0.2, 0.25) is 0 Å². The molecule has 1 aromatic carbocycles. The normalized spacial score (nSPS) is 25.0. The van der Waals surface area contributed by atoms with E-state index in [1.807, 2.05) is 6.07 Å². The summed E-state index contributed by atoms with van der Waals surface area (Å²) in [6, 6.07) is 0.638. The Kier molecular flexibility index (Phi) is 12.4. The summed E-state index contributed by atoms with van der Waals surface area (Å²) in [4.78, 5) is 119. The molecule has 5 saturated heterocycles. The van der Waals surface area contributed by atoms with Gasteiger partial charge < -0.3 is 38.9 Å². The zero-order valence-corrected chi connectivity index (χ0v) is 36.9. The van der Waals surface area contributed by atoms with Crippen LogP contribution in [0.1, 0.15) is 118 Å². The number of aliphatic hydroxyl groups excluding tert-OH is 1. The molecule has 0 radical (unpaired) electrons. The number of amides is 5. The van der Waals surface area contributed by atoms with Crippen LogP contribution in [0.3, 0.4) is 0 Å². The van der Waals surface area contributed by atoms with Crippen LogP contribution < -0.4 is 10.5 Å². The van der Waals surface area contributed by atoms with Gasteiger partial charge >= 0.3 is 5.63 Å². The van der Waals surface area contributed by atoms with Gasteiger partial charge in [-0.05, 0) is 115 Å². The zero-order valence-electron chi connectivity index (χ0n) is 36.9. The molecular weight excluding hydrogens is 821 g/mol. The van der Waals surface area contributed by atoms with E-state index in [0.717, 1.165) is 55.8 Å². The molecule has 0 aliphatic carbocycles. The highest BCUT2D eigenvalue weighted by atomic mass is 16.4. The van der Waals surface area contributed by atoms with Gasteiger partial charge in [0.2, 0.25) is 23.6 Å². The second kappa shape index (κ2) is 18.1. The van der Waals surface area contributed by atoms with Crippen LogP contribution in [0, 0.1) is 5.92 Å². The lowest BCUT2D eigenvalue weighted by molar-refractivity contribution is -0.152. The molecule has 16 heteroatoms. The predicted molar refractivity (Wildman–Crippen MR) is 235 cm³/mol. The van der Waals surface area contributed by atoms with E-state index in [1.165, 1.54) is 23.1 Å².